The molecule has 0 radical (unpaired) electrons. The molecule has 196 valence electrons. The highest BCUT2D eigenvalue weighted by atomic mass is 19.4. The highest BCUT2D eigenvalue weighted by molar-refractivity contribution is 6.03. The summed E-state index contributed by atoms with van der Waals surface area (Å²) in [6, 6.07) is 9.85. The molecule has 3 atom stereocenters. The van der Waals surface area contributed by atoms with Crippen LogP contribution in [0.25, 0.3) is 0 Å². The lowest BCUT2D eigenvalue weighted by Gasteiger charge is -2.37. The number of carbonyl (C=O) groups excluding carboxylic acids is 2. The van der Waals surface area contributed by atoms with E-state index in [9.17, 15) is 22.8 Å². The van der Waals surface area contributed by atoms with Crippen LogP contribution in [0.4, 0.5) is 24.5 Å². The lowest BCUT2D eigenvalue weighted by Crippen LogP contribution is -2.45. The zero-order valence-electron chi connectivity index (χ0n) is 20.9. The highest BCUT2D eigenvalue weighted by Crippen LogP contribution is 2.31. The van der Waals surface area contributed by atoms with Gasteiger partial charge in [-0.15, -0.1) is 0 Å². The molecule has 7 nitrogen and oxygen atoms in total. The van der Waals surface area contributed by atoms with Crippen molar-refractivity contribution in [2.75, 3.05) is 30.4 Å². The number of hydrogen-bond acceptors (Lipinski definition) is 6. The third-order valence-electron chi connectivity index (χ3n) is 5.83. The second-order valence-electron chi connectivity index (χ2n) is 9.02. The monoisotopic (exact) mass is 508 g/mol. The van der Waals surface area contributed by atoms with Gasteiger partial charge in [0.15, 0.2) is 6.10 Å². The normalized spacial score (nSPS) is 18.9. The van der Waals surface area contributed by atoms with Crippen LogP contribution in [-0.2, 0) is 14.3 Å². The summed E-state index contributed by atoms with van der Waals surface area (Å²) >= 11 is 0. The first-order valence-corrected chi connectivity index (χ1v) is 11.6. The van der Waals surface area contributed by atoms with E-state index in [-0.39, 0.29) is 29.2 Å². The average molecular weight is 509 g/mol. The molecule has 0 spiro atoms. The maximum atomic E-state index is 13.3. The summed E-state index contributed by atoms with van der Waals surface area (Å²) in [4.78, 5) is 27.6. The average Bonchev–Trinajstić information content (AvgIpc) is 2.79. The molecule has 1 amide bonds. The Labute approximate surface area is 208 Å². The Balaban J connectivity index is 1.90. The van der Waals surface area contributed by atoms with Gasteiger partial charge in [0, 0.05) is 18.8 Å². The number of ether oxygens (including phenoxy) is 3. The number of anilines is 2. The van der Waals surface area contributed by atoms with Gasteiger partial charge in [-0.1, -0.05) is 18.2 Å². The molecule has 1 aliphatic heterocycles. The number of nitrogens with one attached hydrogen (secondary N) is 1. The molecule has 0 bridgehead atoms. The third-order valence-corrected chi connectivity index (χ3v) is 5.83. The summed E-state index contributed by atoms with van der Waals surface area (Å²) in [7, 11) is 1.19. The first kappa shape index (κ1) is 27.3. The second-order valence-corrected chi connectivity index (χ2v) is 9.02. The number of aryl methyl sites for hydroxylation is 2. The largest absolute Gasteiger partial charge is 0.480 e. The van der Waals surface area contributed by atoms with Crippen LogP contribution in [0.5, 0.6) is 5.75 Å². The zero-order chi connectivity index (χ0) is 26.6. The van der Waals surface area contributed by atoms with Gasteiger partial charge in [-0.25, -0.2) is 4.79 Å². The lowest BCUT2D eigenvalue weighted by atomic mass is 10.1. The maximum Gasteiger partial charge on any atom is 0.393 e. The van der Waals surface area contributed by atoms with Gasteiger partial charge in [0.1, 0.15) is 5.75 Å². The van der Waals surface area contributed by atoms with E-state index in [0.29, 0.717) is 29.9 Å². The molecule has 1 saturated heterocycles. The Morgan fingerprint density at radius 3 is 2.28 bits per heavy atom. The van der Waals surface area contributed by atoms with Crippen molar-refractivity contribution in [2.45, 2.75) is 58.6 Å². The zero-order valence-corrected chi connectivity index (χ0v) is 20.9. The van der Waals surface area contributed by atoms with Crippen molar-refractivity contribution in [2.24, 2.45) is 0 Å². The second kappa shape index (κ2) is 11.2. The van der Waals surface area contributed by atoms with Gasteiger partial charge >= 0.3 is 12.1 Å². The Morgan fingerprint density at radius 2 is 1.72 bits per heavy atom. The van der Waals surface area contributed by atoms with Gasteiger partial charge in [0.25, 0.3) is 5.91 Å². The van der Waals surface area contributed by atoms with Crippen molar-refractivity contribution in [1.29, 1.82) is 0 Å². The maximum absolute atomic E-state index is 13.3. The Hall–Kier alpha value is -3.27. The van der Waals surface area contributed by atoms with E-state index in [2.05, 4.69) is 5.32 Å². The third kappa shape index (κ3) is 6.90. The Kier molecular flexibility index (Phi) is 8.50. The van der Waals surface area contributed by atoms with Gasteiger partial charge in [-0.3, -0.25) is 4.79 Å². The predicted octanol–water partition coefficient (Wildman–Crippen LogP) is 5.04. The van der Waals surface area contributed by atoms with Crippen molar-refractivity contribution in [1.82, 2.24) is 0 Å². The fourth-order valence-electron chi connectivity index (χ4n) is 4.24. The van der Waals surface area contributed by atoms with Crippen molar-refractivity contribution < 1.29 is 37.0 Å². The minimum absolute atomic E-state index is 0.0213. The van der Waals surface area contributed by atoms with Crippen LogP contribution >= 0.6 is 0 Å². The standard InChI is InChI=1S/C26H31F3N2O5/c1-15-7-6-8-16(2)23(15)36-22(12-26(27,28)29)24(32)30-21-10-9-19(11-20(21)25(33)34-5)31-13-17(3)35-18(4)14-31/h6-11,17-18,22H,12-14H2,1-5H3,(H,30,32)/t17-,18?,22?/m0/s1. The summed E-state index contributed by atoms with van der Waals surface area (Å²) in [6.45, 7) is 8.44. The number of halogens is 3. The van der Waals surface area contributed by atoms with Gasteiger partial charge in [-0.05, 0) is 57.0 Å². The Bertz CT molecular complexity index is 1080. The number of morpholine rings is 1. The van der Waals surface area contributed by atoms with Gasteiger partial charge < -0.3 is 24.4 Å². The van der Waals surface area contributed by atoms with E-state index in [1.165, 1.54) is 13.2 Å². The minimum Gasteiger partial charge on any atom is -0.480 e. The van der Waals surface area contributed by atoms with E-state index < -0.39 is 30.6 Å². The quantitative estimate of drug-likeness (QED) is 0.528. The molecular weight excluding hydrogens is 477 g/mol. The fourth-order valence-corrected chi connectivity index (χ4v) is 4.24. The van der Waals surface area contributed by atoms with Crippen LogP contribution in [0.2, 0.25) is 0 Å². The van der Waals surface area contributed by atoms with E-state index in [1.807, 2.05) is 18.7 Å². The molecule has 1 heterocycles. The SMILES string of the molecule is COC(=O)c1cc(N2CC(C)O[C@@H](C)C2)ccc1NC(=O)C(CC(F)(F)F)Oc1c(C)cccc1C. The number of hydrogen-bond donors (Lipinski definition) is 1. The summed E-state index contributed by atoms with van der Waals surface area (Å²) in [6.07, 6.45) is -8.07. The molecule has 1 N–H and O–H groups in total. The van der Waals surface area contributed by atoms with Crippen molar-refractivity contribution in [3.05, 3.63) is 53.1 Å². The predicted molar refractivity (Wildman–Crippen MR) is 130 cm³/mol. The molecule has 0 aliphatic carbocycles. The molecule has 0 saturated carbocycles. The molecule has 10 heteroatoms. The van der Waals surface area contributed by atoms with E-state index in [4.69, 9.17) is 14.2 Å². The summed E-state index contributed by atoms with van der Waals surface area (Å²) < 4.78 is 56.2. The molecule has 1 fully saturated rings. The summed E-state index contributed by atoms with van der Waals surface area (Å²) in [5.74, 6) is -1.55. The highest BCUT2D eigenvalue weighted by Gasteiger charge is 2.38. The topological polar surface area (TPSA) is 77.1 Å². The number of amides is 1. The van der Waals surface area contributed by atoms with Gasteiger partial charge in [-0.2, -0.15) is 13.2 Å². The smallest absolute Gasteiger partial charge is 0.393 e. The number of methoxy groups -OCH3 is 1. The first-order chi connectivity index (χ1) is 16.9. The van der Waals surface area contributed by atoms with Crippen LogP contribution in [-0.4, -0.2) is 56.6 Å². The molecule has 3 rings (SSSR count). The molecular formula is C26H31F3N2O5. The van der Waals surface area contributed by atoms with Crippen LogP contribution in [0, 0.1) is 13.8 Å². The van der Waals surface area contributed by atoms with Crippen LogP contribution in [0.1, 0.15) is 41.8 Å². The fraction of sp³-hybridized carbons (Fsp3) is 0.462. The van der Waals surface area contributed by atoms with E-state index >= 15 is 0 Å². The molecule has 2 aromatic rings. The van der Waals surface area contributed by atoms with Crippen LogP contribution in [0.3, 0.4) is 0 Å². The molecule has 0 aromatic heterocycles. The molecule has 36 heavy (non-hydrogen) atoms. The Morgan fingerprint density at radius 1 is 1.11 bits per heavy atom. The van der Waals surface area contributed by atoms with Crippen molar-refractivity contribution >= 4 is 23.3 Å². The number of carbonyl (C=O) groups is 2. The number of rotatable bonds is 7. The number of esters is 1. The summed E-state index contributed by atoms with van der Waals surface area (Å²) in [5, 5.41) is 2.45. The van der Waals surface area contributed by atoms with Crippen molar-refractivity contribution in [3.8, 4) is 5.75 Å². The first-order valence-electron chi connectivity index (χ1n) is 11.6. The van der Waals surface area contributed by atoms with E-state index in [0.717, 1.165) is 0 Å². The molecule has 2 unspecified atom stereocenters. The van der Waals surface area contributed by atoms with Crippen LogP contribution < -0.4 is 15.0 Å². The van der Waals surface area contributed by atoms with Crippen LogP contribution in [0.15, 0.2) is 36.4 Å². The lowest BCUT2D eigenvalue weighted by molar-refractivity contribution is -0.158. The number of benzene rings is 2. The molecule has 2 aromatic carbocycles. The van der Waals surface area contributed by atoms with E-state index in [1.54, 1.807) is 44.2 Å². The number of nitrogens with zero attached hydrogens (tertiary/aromatic N) is 1. The number of alkyl halides is 3. The van der Waals surface area contributed by atoms with Gasteiger partial charge in [0.05, 0.1) is 37.0 Å². The van der Waals surface area contributed by atoms with Gasteiger partial charge in [0.2, 0.25) is 0 Å². The summed E-state index contributed by atoms with van der Waals surface area (Å²) in [5.41, 5.74) is 1.95. The number of para-hydroxylation sites is 1. The molecule has 1 aliphatic rings. The minimum atomic E-state index is -4.66. The van der Waals surface area contributed by atoms with Crippen molar-refractivity contribution in [3.63, 3.8) is 0 Å².